The largest absolute Gasteiger partial charge is 0.207 e. The Hall–Kier alpha value is -2.03. The van der Waals surface area contributed by atoms with Crippen LogP contribution in [0.25, 0.3) is 5.57 Å². The summed E-state index contributed by atoms with van der Waals surface area (Å²) in [6.45, 7) is 2.02. The van der Waals surface area contributed by atoms with Gasteiger partial charge in [0.1, 0.15) is 5.82 Å². The fraction of sp³-hybridized carbons (Fsp3) is 0.300. The third-order valence-corrected chi connectivity index (χ3v) is 4.46. The summed E-state index contributed by atoms with van der Waals surface area (Å²) in [5.41, 5.74) is 2.93. The van der Waals surface area contributed by atoms with Crippen molar-refractivity contribution in [3.63, 3.8) is 0 Å². The van der Waals surface area contributed by atoms with Gasteiger partial charge in [-0.15, -0.1) is 0 Å². The molecule has 3 heteroatoms. The maximum Gasteiger partial charge on any atom is 0.166 e. The molecule has 3 rings (SSSR count). The predicted molar refractivity (Wildman–Crippen MR) is 86.8 cm³/mol. The van der Waals surface area contributed by atoms with Crippen LogP contribution >= 0.6 is 0 Å². The fourth-order valence-corrected chi connectivity index (χ4v) is 3.10. The van der Waals surface area contributed by atoms with Crippen LogP contribution in [0.5, 0.6) is 0 Å². The Morgan fingerprint density at radius 1 is 1.00 bits per heavy atom. The summed E-state index contributed by atoms with van der Waals surface area (Å²) in [6.07, 6.45) is 4.97. The van der Waals surface area contributed by atoms with Crippen molar-refractivity contribution in [3.05, 3.63) is 76.1 Å². The first kappa shape index (κ1) is 15.9. The van der Waals surface area contributed by atoms with Gasteiger partial charge in [-0.2, -0.15) is 0 Å². The molecule has 0 heterocycles. The monoisotopic (exact) mass is 316 g/mol. The molecule has 0 amide bonds. The minimum atomic E-state index is -0.787. The van der Waals surface area contributed by atoms with Crippen molar-refractivity contribution >= 4 is 5.57 Å². The molecule has 0 atom stereocenters. The molecule has 1 aliphatic carbocycles. The molecule has 0 aliphatic heterocycles. The third kappa shape index (κ3) is 3.05. The molecule has 0 radical (unpaired) electrons. The number of fused-ring (bicyclic) bond motifs is 1. The lowest BCUT2D eigenvalue weighted by Crippen LogP contribution is -2.07. The molecule has 2 aromatic carbocycles. The van der Waals surface area contributed by atoms with Crippen molar-refractivity contribution in [2.75, 3.05) is 0 Å². The zero-order valence-corrected chi connectivity index (χ0v) is 13.1. The van der Waals surface area contributed by atoms with Gasteiger partial charge in [-0.25, -0.2) is 13.2 Å². The molecule has 23 heavy (non-hydrogen) atoms. The zero-order chi connectivity index (χ0) is 16.4. The van der Waals surface area contributed by atoms with Gasteiger partial charge in [0, 0.05) is 5.56 Å². The topological polar surface area (TPSA) is 0 Å². The molecule has 2 aromatic rings. The lowest BCUT2D eigenvalue weighted by molar-refractivity contribution is 0.494. The first-order valence-corrected chi connectivity index (χ1v) is 8.04. The number of allylic oxidation sites excluding steroid dienone is 2. The molecule has 0 aromatic heterocycles. The van der Waals surface area contributed by atoms with E-state index in [2.05, 4.69) is 0 Å². The Balaban J connectivity index is 1.92. The van der Waals surface area contributed by atoms with Crippen molar-refractivity contribution in [2.24, 2.45) is 0 Å². The Kier molecular flexibility index (Phi) is 4.56. The summed E-state index contributed by atoms with van der Waals surface area (Å²) in [7, 11) is 0. The first-order chi connectivity index (χ1) is 11.1. The van der Waals surface area contributed by atoms with Gasteiger partial charge in [-0.3, -0.25) is 0 Å². The van der Waals surface area contributed by atoms with Gasteiger partial charge in [0.15, 0.2) is 11.6 Å². The van der Waals surface area contributed by atoms with Gasteiger partial charge in [-0.05, 0) is 54.0 Å². The number of hydrogen-bond acceptors (Lipinski definition) is 0. The van der Waals surface area contributed by atoms with E-state index in [4.69, 9.17) is 0 Å². The van der Waals surface area contributed by atoms with Crippen LogP contribution in [0, 0.1) is 17.5 Å². The summed E-state index contributed by atoms with van der Waals surface area (Å²) < 4.78 is 42.4. The van der Waals surface area contributed by atoms with Gasteiger partial charge < -0.3 is 0 Å². The van der Waals surface area contributed by atoms with Crippen LogP contribution in [-0.4, -0.2) is 0 Å². The molecule has 0 saturated carbocycles. The van der Waals surface area contributed by atoms with E-state index >= 15 is 0 Å². The Morgan fingerprint density at radius 2 is 1.83 bits per heavy atom. The van der Waals surface area contributed by atoms with E-state index in [0.717, 1.165) is 24.0 Å². The molecule has 1 aliphatic rings. The highest BCUT2D eigenvalue weighted by atomic mass is 19.2. The molecule has 0 saturated heterocycles. The molecular formula is C20H19F3. The molecule has 0 unspecified atom stereocenters. The highest BCUT2D eigenvalue weighted by molar-refractivity contribution is 5.71. The maximum atomic E-state index is 14.4. The lowest BCUT2D eigenvalue weighted by atomic mass is 9.87. The van der Waals surface area contributed by atoms with Gasteiger partial charge in [0.05, 0.1) is 0 Å². The second-order valence-corrected chi connectivity index (χ2v) is 5.99. The number of unbranched alkanes of at least 4 members (excludes halogenated alkanes) is 1. The summed E-state index contributed by atoms with van der Waals surface area (Å²) in [6, 6.07) is 8.25. The van der Waals surface area contributed by atoms with Gasteiger partial charge in [0.25, 0.3) is 0 Å². The van der Waals surface area contributed by atoms with E-state index in [1.54, 1.807) is 24.3 Å². The van der Waals surface area contributed by atoms with Gasteiger partial charge >= 0.3 is 0 Å². The van der Waals surface area contributed by atoms with Crippen LogP contribution in [0.15, 0.2) is 36.4 Å². The summed E-state index contributed by atoms with van der Waals surface area (Å²) >= 11 is 0. The van der Waals surface area contributed by atoms with E-state index in [1.807, 2.05) is 13.0 Å². The summed E-state index contributed by atoms with van der Waals surface area (Å²) in [5.74, 6) is -1.77. The third-order valence-electron chi connectivity index (χ3n) is 4.46. The van der Waals surface area contributed by atoms with Crippen LogP contribution < -0.4 is 0 Å². The predicted octanol–water partition coefficient (Wildman–Crippen LogP) is 5.63. The van der Waals surface area contributed by atoms with Crippen LogP contribution in [0.1, 0.15) is 42.0 Å². The standard InChI is InChI=1S/C20H19F3/c1-2-3-5-13-8-11-17(20(23)19(13)22)15-9-10-16-14(12-15)6-4-7-18(16)21/h4,6-9,11H,2-3,5,10,12H2,1H3. The summed E-state index contributed by atoms with van der Waals surface area (Å²) in [5, 5.41) is 0. The van der Waals surface area contributed by atoms with E-state index in [0.29, 0.717) is 30.4 Å². The van der Waals surface area contributed by atoms with Gasteiger partial charge in [-0.1, -0.05) is 43.7 Å². The summed E-state index contributed by atoms with van der Waals surface area (Å²) in [4.78, 5) is 0. The van der Waals surface area contributed by atoms with Crippen molar-refractivity contribution < 1.29 is 13.2 Å². The average Bonchev–Trinajstić information content (AvgIpc) is 2.56. The number of hydrogen-bond donors (Lipinski definition) is 0. The van der Waals surface area contributed by atoms with E-state index in [-0.39, 0.29) is 11.4 Å². The number of halogens is 3. The van der Waals surface area contributed by atoms with Crippen LogP contribution in [-0.2, 0) is 19.3 Å². The smallest absolute Gasteiger partial charge is 0.166 e. The Labute approximate surface area is 134 Å². The molecular weight excluding hydrogens is 297 g/mol. The molecule has 0 fully saturated rings. The van der Waals surface area contributed by atoms with E-state index in [1.165, 1.54) is 6.07 Å². The normalized spacial score (nSPS) is 13.7. The van der Waals surface area contributed by atoms with Crippen molar-refractivity contribution in [1.29, 1.82) is 0 Å². The first-order valence-electron chi connectivity index (χ1n) is 8.04. The second-order valence-electron chi connectivity index (χ2n) is 5.99. The van der Waals surface area contributed by atoms with Crippen molar-refractivity contribution in [2.45, 2.75) is 39.0 Å². The Morgan fingerprint density at radius 3 is 2.61 bits per heavy atom. The minimum absolute atomic E-state index is 0.237. The van der Waals surface area contributed by atoms with E-state index < -0.39 is 11.6 Å². The maximum absolute atomic E-state index is 14.4. The second kappa shape index (κ2) is 6.61. The number of aryl methyl sites for hydroxylation is 1. The van der Waals surface area contributed by atoms with Crippen LogP contribution in [0.2, 0.25) is 0 Å². The van der Waals surface area contributed by atoms with Crippen molar-refractivity contribution in [3.8, 4) is 0 Å². The highest BCUT2D eigenvalue weighted by Crippen LogP contribution is 2.31. The van der Waals surface area contributed by atoms with Gasteiger partial charge in [0.2, 0.25) is 0 Å². The molecule has 0 bridgehead atoms. The fourth-order valence-electron chi connectivity index (χ4n) is 3.10. The quantitative estimate of drug-likeness (QED) is 0.686. The SMILES string of the molecule is CCCCc1ccc(C2=CCc3c(F)cccc3C2)c(F)c1F. The molecule has 120 valence electrons. The zero-order valence-electron chi connectivity index (χ0n) is 13.1. The van der Waals surface area contributed by atoms with Crippen LogP contribution in [0.4, 0.5) is 13.2 Å². The van der Waals surface area contributed by atoms with Crippen LogP contribution in [0.3, 0.4) is 0 Å². The highest BCUT2D eigenvalue weighted by Gasteiger charge is 2.20. The number of benzene rings is 2. The number of rotatable bonds is 4. The Bertz CT molecular complexity index is 760. The lowest BCUT2D eigenvalue weighted by Gasteiger charge is -2.19. The van der Waals surface area contributed by atoms with E-state index in [9.17, 15) is 13.2 Å². The van der Waals surface area contributed by atoms with Crippen molar-refractivity contribution in [1.82, 2.24) is 0 Å². The molecule has 0 N–H and O–H groups in total. The minimum Gasteiger partial charge on any atom is -0.207 e. The average molecular weight is 316 g/mol. The molecule has 0 spiro atoms. The molecule has 0 nitrogen and oxygen atoms in total.